The summed E-state index contributed by atoms with van der Waals surface area (Å²) in [5.74, 6) is 1.35. The molecule has 0 unspecified atom stereocenters. The minimum absolute atomic E-state index is 0.0534. The fourth-order valence-corrected chi connectivity index (χ4v) is 2.40. The molecule has 0 aromatic heterocycles. The van der Waals surface area contributed by atoms with E-state index in [1.165, 1.54) is 12.1 Å². The van der Waals surface area contributed by atoms with Gasteiger partial charge in [-0.2, -0.15) is 0 Å². The highest BCUT2D eigenvalue weighted by Crippen LogP contribution is 2.39. The molecule has 0 fully saturated rings. The first-order valence-electron chi connectivity index (χ1n) is 6.51. The molecule has 0 atom stereocenters. The van der Waals surface area contributed by atoms with E-state index >= 15 is 0 Å². The van der Waals surface area contributed by atoms with Crippen molar-refractivity contribution in [2.45, 2.75) is 0 Å². The van der Waals surface area contributed by atoms with E-state index in [1.807, 2.05) is 6.07 Å². The highest BCUT2D eigenvalue weighted by Gasteiger charge is 2.14. The zero-order chi connectivity index (χ0) is 15.5. The van der Waals surface area contributed by atoms with Crippen LogP contribution in [0.3, 0.4) is 0 Å². The third-order valence-electron chi connectivity index (χ3n) is 3.07. The Hall–Kier alpha value is -2.41. The second-order valence-corrected chi connectivity index (χ2v) is 5.41. The van der Waals surface area contributed by atoms with Gasteiger partial charge in [0.1, 0.15) is 13.2 Å². The Labute approximate surface area is 134 Å². The van der Waals surface area contributed by atoms with E-state index in [-0.39, 0.29) is 5.69 Å². The molecule has 6 nitrogen and oxygen atoms in total. The summed E-state index contributed by atoms with van der Waals surface area (Å²) in [5.41, 5.74) is 1.52. The van der Waals surface area contributed by atoms with Gasteiger partial charge in [-0.25, -0.2) is 0 Å². The molecule has 22 heavy (non-hydrogen) atoms. The lowest BCUT2D eigenvalue weighted by Gasteiger charge is -2.18. The first-order chi connectivity index (χ1) is 10.6. The molecule has 1 heterocycles. The van der Waals surface area contributed by atoms with Gasteiger partial charge in [0, 0.05) is 35.0 Å². The third kappa shape index (κ3) is 3.09. The number of nitro benzene ring substituents is 1. The number of hydrogen-bond donors (Lipinski definition) is 0. The van der Waals surface area contributed by atoms with Crippen LogP contribution < -0.4 is 9.47 Å². The Morgan fingerprint density at radius 3 is 2.41 bits per heavy atom. The molecule has 0 amide bonds. The summed E-state index contributed by atoms with van der Waals surface area (Å²) in [7, 11) is 0. The van der Waals surface area contributed by atoms with E-state index in [1.54, 1.807) is 24.4 Å². The van der Waals surface area contributed by atoms with Crippen molar-refractivity contribution in [1.29, 1.82) is 0 Å². The van der Waals surface area contributed by atoms with Gasteiger partial charge in [-0.1, -0.05) is 0 Å². The van der Waals surface area contributed by atoms with Gasteiger partial charge in [0.15, 0.2) is 11.5 Å². The van der Waals surface area contributed by atoms with Crippen molar-refractivity contribution >= 4 is 33.5 Å². The van der Waals surface area contributed by atoms with Gasteiger partial charge < -0.3 is 9.47 Å². The lowest BCUT2D eigenvalue weighted by Crippen LogP contribution is -2.15. The van der Waals surface area contributed by atoms with Crippen LogP contribution >= 0.6 is 15.9 Å². The molecule has 0 radical (unpaired) electrons. The fraction of sp³-hybridized carbons (Fsp3) is 0.133. The maximum atomic E-state index is 10.6. The van der Waals surface area contributed by atoms with Crippen LogP contribution in [0, 0.1) is 10.1 Å². The fourth-order valence-electron chi connectivity index (χ4n) is 1.98. The Bertz CT molecular complexity index is 744. The first kappa shape index (κ1) is 14.5. The van der Waals surface area contributed by atoms with Gasteiger partial charge in [-0.15, -0.1) is 0 Å². The minimum Gasteiger partial charge on any atom is -0.486 e. The standard InChI is InChI=1S/C15H11BrN2O4/c16-12-7-14-15(22-6-5-21-14)8-13(12)17-9-10-1-3-11(4-2-10)18(19)20/h1-4,7-9H,5-6H2. The van der Waals surface area contributed by atoms with Gasteiger partial charge in [-0.05, 0) is 33.6 Å². The average Bonchev–Trinajstić information content (AvgIpc) is 2.53. The van der Waals surface area contributed by atoms with Gasteiger partial charge in [0.05, 0.1) is 10.6 Å². The summed E-state index contributed by atoms with van der Waals surface area (Å²) in [4.78, 5) is 14.6. The highest BCUT2D eigenvalue weighted by atomic mass is 79.9. The van der Waals surface area contributed by atoms with Crippen LogP contribution in [0.25, 0.3) is 0 Å². The normalized spacial score (nSPS) is 13.3. The number of non-ortho nitro benzene ring substituents is 1. The van der Waals surface area contributed by atoms with Crippen LogP contribution in [0.2, 0.25) is 0 Å². The molecule has 1 aliphatic heterocycles. The number of hydrogen-bond acceptors (Lipinski definition) is 5. The molecule has 2 aromatic carbocycles. The number of fused-ring (bicyclic) bond motifs is 1. The topological polar surface area (TPSA) is 74.0 Å². The predicted molar refractivity (Wildman–Crippen MR) is 85.5 cm³/mol. The maximum absolute atomic E-state index is 10.6. The number of nitrogens with zero attached hydrogens (tertiary/aromatic N) is 2. The van der Waals surface area contributed by atoms with Crippen LogP contribution in [-0.2, 0) is 0 Å². The van der Waals surface area contributed by atoms with Crippen molar-refractivity contribution in [3.8, 4) is 11.5 Å². The van der Waals surface area contributed by atoms with Crippen molar-refractivity contribution in [2.75, 3.05) is 13.2 Å². The van der Waals surface area contributed by atoms with Gasteiger partial charge >= 0.3 is 0 Å². The highest BCUT2D eigenvalue weighted by molar-refractivity contribution is 9.10. The smallest absolute Gasteiger partial charge is 0.269 e. The van der Waals surface area contributed by atoms with Gasteiger partial charge in [-0.3, -0.25) is 15.1 Å². The van der Waals surface area contributed by atoms with Crippen LogP contribution in [0.5, 0.6) is 11.5 Å². The lowest BCUT2D eigenvalue weighted by molar-refractivity contribution is -0.384. The summed E-state index contributed by atoms with van der Waals surface area (Å²) >= 11 is 3.44. The Kier molecular flexibility index (Phi) is 4.06. The van der Waals surface area contributed by atoms with Crippen molar-refractivity contribution in [2.24, 2.45) is 4.99 Å². The molecule has 0 bridgehead atoms. The summed E-state index contributed by atoms with van der Waals surface area (Å²) in [6.45, 7) is 1.05. The summed E-state index contributed by atoms with van der Waals surface area (Å²) in [6.07, 6.45) is 1.64. The Morgan fingerprint density at radius 2 is 1.77 bits per heavy atom. The van der Waals surface area contributed by atoms with E-state index < -0.39 is 4.92 Å². The van der Waals surface area contributed by atoms with E-state index in [4.69, 9.17) is 9.47 Å². The van der Waals surface area contributed by atoms with E-state index in [2.05, 4.69) is 20.9 Å². The van der Waals surface area contributed by atoms with Crippen LogP contribution in [-0.4, -0.2) is 24.4 Å². The quantitative estimate of drug-likeness (QED) is 0.471. The van der Waals surface area contributed by atoms with Crippen LogP contribution in [0.1, 0.15) is 5.56 Å². The summed E-state index contributed by atoms with van der Waals surface area (Å²) in [6, 6.07) is 9.79. The number of benzene rings is 2. The van der Waals surface area contributed by atoms with E-state index in [0.717, 1.165) is 10.0 Å². The van der Waals surface area contributed by atoms with Crippen LogP contribution in [0.4, 0.5) is 11.4 Å². The molecular formula is C15H11BrN2O4. The largest absolute Gasteiger partial charge is 0.486 e. The molecule has 0 aliphatic carbocycles. The monoisotopic (exact) mass is 362 g/mol. The van der Waals surface area contributed by atoms with Crippen LogP contribution in [0.15, 0.2) is 45.9 Å². The minimum atomic E-state index is -0.432. The van der Waals surface area contributed by atoms with Crippen molar-refractivity contribution in [3.05, 3.63) is 56.5 Å². The molecule has 7 heteroatoms. The molecule has 0 saturated carbocycles. The maximum Gasteiger partial charge on any atom is 0.269 e. The lowest BCUT2D eigenvalue weighted by atomic mass is 10.2. The number of aliphatic imine (C=N–C) groups is 1. The number of nitro groups is 1. The molecule has 0 spiro atoms. The Morgan fingerprint density at radius 1 is 1.14 bits per heavy atom. The average molecular weight is 363 g/mol. The zero-order valence-corrected chi connectivity index (χ0v) is 12.9. The molecular weight excluding hydrogens is 352 g/mol. The second kappa shape index (κ2) is 6.15. The molecule has 3 rings (SSSR count). The summed E-state index contributed by atoms with van der Waals surface area (Å²) in [5, 5.41) is 10.6. The predicted octanol–water partition coefficient (Wildman–Crippen LogP) is 3.88. The molecule has 1 aliphatic rings. The number of rotatable bonds is 3. The number of ether oxygens (including phenoxy) is 2. The van der Waals surface area contributed by atoms with E-state index in [9.17, 15) is 10.1 Å². The van der Waals surface area contributed by atoms with Crippen molar-refractivity contribution in [3.63, 3.8) is 0 Å². The summed E-state index contributed by atoms with van der Waals surface area (Å²) < 4.78 is 11.8. The van der Waals surface area contributed by atoms with Gasteiger partial charge in [0.25, 0.3) is 5.69 Å². The second-order valence-electron chi connectivity index (χ2n) is 4.55. The molecule has 0 N–H and O–H groups in total. The molecule has 0 saturated heterocycles. The van der Waals surface area contributed by atoms with Gasteiger partial charge in [0.2, 0.25) is 0 Å². The molecule has 112 valence electrons. The third-order valence-corrected chi connectivity index (χ3v) is 3.70. The van der Waals surface area contributed by atoms with E-state index in [0.29, 0.717) is 30.4 Å². The zero-order valence-electron chi connectivity index (χ0n) is 11.4. The Balaban J connectivity index is 1.84. The number of halogens is 1. The SMILES string of the molecule is O=[N+]([O-])c1ccc(C=Nc2cc3c(cc2Br)OCCO3)cc1. The first-order valence-corrected chi connectivity index (χ1v) is 7.30. The van der Waals surface area contributed by atoms with Crippen molar-refractivity contribution in [1.82, 2.24) is 0 Å². The molecule has 2 aromatic rings. The van der Waals surface area contributed by atoms with Crippen molar-refractivity contribution < 1.29 is 14.4 Å².